The fourth-order valence-electron chi connectivity index (χ4n) is 1.36. The maximum Gasteiger partial charge on any atom is 0.317 e. The second-order valence-corrected chi connectivity index (χ2v) is 3.30. The molecule has 0 rings (SSSR count). The predicted octanol–water partition coefficient (Wildman–Crippen LogP) is 1.17. The Morgan fingerprint density at radius 3 is 2.29 bits per heavy atom. The zero-order valence-electron chi connectivity index (χ0n) is 9.55. The molecule has 0 aromatic rings. The normalized spacial score (nSPS) is 12.3. The van der Waals surface area contributed by atoms with Crippen LogP contribution in [-0.2, 0) is 0 Å². The Morgan fingerprint density at radius 2 is 1.93 bits per heavy atom. The molecule has 0 bridgehead atoms. The number of nitrogens with zero attached hydrogens (tertiary/aromatic N) is 1. The summed E-state index contributed by atoms with van der Waals surface area (Å²) in [5, 5.41) is 2.98. The summed E-state index contributed by atoms with van der Waals surface area (Å²) in [6.45, 7) is 8.14. The first-order chi connectivity index (χ1) is 6.69. The van der Waals surface area contributed by atoms with Crippen molar-refractivity contribution in [3.8, 4) is 0 Å². The van der Waals surface area contributed by atoms with E-state index in [2.05, 4.69) is 12.2 Å². The zero-order chi connectivity index (χ0) is 11.0. The number of rotatable bonds is 6. The third-order valence-electron chi connectivity index (χ3n) is 2.39. The van der Waals surface area contributed by atoms with Crippen LogP contribution in [0.3, 0.4) is 0 Å². The van der Waals surface area contributed by atoms with Gasteiger partial charge in [0, 0.05) is 19.1 Å². The molecule has 4 heteroatoms. The Balaban J connectivity index is 3.99. The highest BCUT2D eigenvalue weighted by Gasteiger charge is 2.13. The number of hydrogen-bond donors (Lipinski definition) is 2. The molecule has 2 amide bonds. The molecule has 0 saturated carbocycles. The first-order valence-corrected chi connectivity index (χ1v) is 5.44. The molecule has 0 fully saturated rings. The van der Waals surface area contributed by atoms with Crippen molar-refractivity contribution < 1.29 is 4.79 Å². The van der Waals surface area contributed by atoms with Gasteiger partial charge in [0.2, 0.25) is 0 Å². The number of amides is 2. The molecule has 0 aliphatic heterocycles. The van der Waals surface area contributed by atoms with Gasteiger partial charge in [0.05, 0.1) is 0 Å². The van der Waals surface area contributed by atoms with E-state index in [-0.39, 0.29) is 12.1 Å². The van der Waals surface area contributed by atoms with Crippen LogP contribution in [0.1, 0.15) is 33.6 Å². The highest BCUT2D eigenvalue weighted by atomic mass is 16.2. The number of urea groups is 1. The van der Waals surface area contributed by atoms with Crippen LogP contribution in [0.15, 0.2) is 0 Å². The smallest absolute Gasteiger partial charge is 0.317 e. The van der Waals surface area contributed by atoms with Crippen LogP contribution in [0.2, 0.25) is 0 Å². The number of carbonyl (C=O) groups is 1. The Hall–Kier alpha value is -0.770. The molecular formula is C10H23N3O. The summed E-state index contributed by atoms with van der Waals surface area (Å²) in [6, 6.07) is 0.239. The highest BCUT2D eigenvalue weighted by Crippen LogP contribution is 1.98. The summed E-state index contributed by atoms with van der Waals surface area (Å²) in [7, 11) is 0. The lowest BCUT2D eigenvalue weighted by Gasteiger charge is -2.23. The minimum Gasteiger partial charge on any atom is -0.335 e. The maximum absolute atomic E-state index is 11.6. The fourth-order valence-corrected chi connectivity index (χ4v) is 1.36. The van der Waals surface area contributed by atoms with E-state index in [1.807, 2.05) is 13.8 Å². The van der Waals surface area contributed by atoms with Crippen LogP contribution < -0.4 is 11.1 Å². The molecule has 3 N–H and O–H groups in total. The van der Waals surface area contributed by atoms with Crippen molar-refractivity contribution in [2.75, 3.05) is 19.6 Å². The fraction of sp³-hybridized carbons (Fsp3) is 0.900. The largest absolute Gasteiger partial charge is 0.335 e. The van der Waals surface area contributed by atoms with Crippen molar-refractivity contribution in [1.82, 2.24) is 10.2 Å². The quantitative estimate of drug-likeness (QED) is 0.677. The minimum absolute atomic E-state index is 0.0234. The van der Waals surface area contributed by atoms with Crippen molar-refractivity contribution in [3.63, 3.8) is 0 Å². The van der Waals surface area contributed by atoms with Crippen molar-refractivity contribution in [2.24, 2.45) is 5.73 Å². The number of carbonyl (C=O) groups excluding carboxylic acids is 1. The van der Waals surface area contributed by atoms with Gasteiger partial charge in [0.25, 0.3) is 0 Å². The van der Waals surface area contributed by atoms with E-state index >= 15 is 0 Å². The van der Waals surface area contributed by atoms with E-state index in [1.54, 1.807) is 4.90 Å². The van der Waals surface area contributed by atoms with Gasteiger partial charge >= 0.3 is 6.03 Å². The third-order valence-corrected chi connectivity index (χ3v) is 2.39. The standard InChI is InChI=1S/C10H23N3O/c1-4-9(7-8-11)12-10(14)13(5-2)6-3/h9H,4-8,11H2,1-3H3,(H,12,14). The topological polar surface area (TPSA) is 58.4 Å². The number of nitrogens with two attached hydrogens (primary N) is 1. The second-order valence-electron chi connectivity index (χ2n) is 3.30. The Morgan fingerprint density at radius 1 is 1.36 bits per heavy atom. The average Bonchev–Trinajstić information content (AvgIpc) is 2.19. The molecular weight excluding hydrogens is 178 g/mol. The van der Waals surface area contributed by atoms with Crippen LogP contribution in [0.4, 0.5) is 4.79 Å². The Kier molecular flexibility index (Phi) is 7.20. The molecule has 0 heterocycles. The molecule has 0 radical (unpaired) electrons. The molecule has 1 unspecified atom stereocenters. The summed E-state index contributed by atoms with van der Waals surface area (Å²) in [5.41, 5.74) is 5.46. The van der Waals surface area contributed by atoms with Crippen LogP contribution in [-0.4, -0.2) is 36.6 Å². The molecule has 1 atom stereocenters. The molecule has 0 aromatic carbocycles. The monoisotopic (exact) mass is 201 g/mol. The van der Waals surface area contributed by atoms with E-state index in [9.17, 15) is 4.79 Å². The van der Waals surface area contributed by atoms with Gasteiger partial charge in [0.1, 0.15) is 0 Å². The van der Waals surface area contributed by atoms with E-state index in [4.69, 9.17) is 5.73 Å². The van der Waals surface area contributed by atoms with Gasteiger partial charge in [-0.05, 0) is 33.2 Å². The molecule has 0 spiro atoms. The third kappa shape index (κ3) is 4.46. The second kappa shape index (κ2) is 7.62. The molecule has 0 aliphatic rings. The average molecular weight is 201 g/mol. The summed E-state index contributed by atoms with van der Waals surface area (Å²) in [4.78, 5) is 13.4. The molecule has 0 aromatic heterocycles. The number of hydrogen-bond acceptors (Lipinski definition) is 2. The van der Waals surface area contributed by atoms with Gasteiger partial charge in [-0.15, -0.1) is 0 Å². The van der Waals surface area contributed by atoms with Gasteiger partial charge in [-0.2, -0.15) is 0 Å². The van der Waals surface area contributed by atoms with Gasteiger partial charge in [-0.25, -0.2) is 4.79 Å². The lowest BCUT2D eigenvalue weighted by atomic mass is 10.1. The predicted molar refractivity (Wildman–Crippen MR) is 59.2 cm³/mol. The lowest BCUT2D eigenvalue weighted by molar-refractivity contribution is 0.198. The molecule has 14 heavy (non-hydrogen) atoms. The van der Waals surface area contributed by atoms with Crippen molar-refractivity contribution in [2.45, 2.75) is 39.7 Å². The SMILES string of the molecule is CCC(CCN)NC(=O)N(CC)CC. The zero-order valence-corrected chi connectivity index (χ0v) is 9.55. The van der Waals surface area contributed by atoms with Crippen LogP contribution in [0.25, 0.3) is 0 Å². The maximum atomic E-state index is 11.6. The molecule has 84 valence electrons. The van der Waals surface area contributed by atoms with Crippen molar-refractivity contribution >= 4 is 6.03 Å². The summed E-state index contributed by atoms with van der Waals surface area (Å²) in [5.74, 6) is 0. The number of nitrogens with one attached hydrogen (secondary N) is 1. The Bertz CT molecular complexity index is 157. The molecule has 0 aliphatic carbocycles. The van der Waals surface area contributed by atoms with Crippen LogP contribution in [0, 0.1) is 0 Å². The minimum atomic E-state index is 0.0234. The van der Waals surface area contributed by atoms with Gasteiger partial charge in [-0.3, -0.25) is 0 Å². The van der Waals surface area contributed by atoms with Crippen molar-refractivity contribution in [1.29, 1.82) is 0 Å². The van der Waals surface area contributed by atoms with E-state index < -0.39 is 0 Å². The van der Waals surface area contributed by atoms with E-state index in [1.165, 1.54) is 0 Å². The first kappa shape index (κ1) is 13.2. The van der Waals surface area contributed by atoms with E-state index in [0.29, 0.717) is 6.54 Å². The van der Waals surface area contributed by atoms with Crippen molar-refractivity contribution in [3.05, 3.63) is 0 Å². The lowest BCUT2D eigenvalue weighted by Crippen LogP contribution is -2.45. The first-order valence-electron chi connectivity index (χ1n) is 5.44. The summed E-state index contributed by atoms with van der Waals surface area (Å²) in [6.07, 6.45) is 1.79. The van der Waals surface area contributed by atoms with Crippen LogP contribution >= 0.6 is 0 Å². The van der Waals surface area contributed by atoms with E-state index in [0.717, 1.165) is 25.9 Å². The molecule has 0 saturated heterocycles. The van der Waals surface area contributed by atoms with Gasteiger partial charge < -0.3 is 16.0 Å². The highest BCUT2D eigenvalue weighted by molar-refractivity contribution is 5.74. The summed E-state index contributed by atoms with van der Waals surface area (Å²) >= 11 is 0. The van der Waals surface area contributed by atoms with Gasteiger partial charge in [-0.1, -0.05) is 6.92 Å². The van der Waals surface area contributed by atoms with Crippen LogP contribution in [0.5, 0.6) is 0 Å². The van der Waals surface area contributed by atoms with Gasteiger partial charge in [0.15, 0.2) is 0 Å². The summed E-state index contributed by atoms with van der Waals surface area (Å²) < 4.78 is 0. The molecule has 4 nitrogen and oxygen atoms in total. The Labute approximate surface area is 86.8 Å².